The van der Waals surface area contributed by atoms with Crippen LogP contribution in [0, 0.1) is 0 Å². The van der Waals surface area contributed by atoms with Crippen LogP contribution in [0.15, 0.2) is 64.5 Å². The van der Waals surface area contributed by atoms with Crippen LogP contribution < -0.4 is 5.32 Å². The maximum Gasteiger partial charge on any atom is 0.220 e. The number of amides is 1. The number of carbonyl (C=O) groups is 1. The molecule has 0 unspecified atom stereocenters. The van der Waals surface area contributed by atoms with Gasteiger partial charge in [-0.1, -0.05) is 43.0 Å². The number of hydrogen-bond donors (Lipinski definition) is 1. The Balaban J connectivity index is 1.45. The van der Waals surface area contributed by atoms with Gasteiger partial charge in [-0.2, -0.15) is 0 Å². The van der Waals surface area contributed by atoms with Gasteiger partial charge in [-0.15, -0.1) is 0 Å². The van der Waals surface area contributed by atoms with Crippen LogP contribution in [0.2, 0.25) is 0 Å². The predicted octanol–water partition coefficient (Wildman–Crippen LogP) is 4.87. The van der Waals surface area contributed by atoms with Crippen molar-refractivity contribution in [1.29, 1.82) is 0 Å². The Morgan fingerprint density at radius 3 is 2.93 bits per heavy atom. The third kappa shape index (κ3) is 2.92. The summed E-state index contributed by atoms with van der Waals surface area (Å²) in [5.41, 5.74) is 3.95. The number of aryl methyl sites for hydroxylation is 1. The zero-order valence-electron chi connectivity index (χ0n) is 15.4. The molecule has 4 heteroatoms. The molecule has 3 aromatic rings. The summed E-state index contributed by atoms with van der Waals surface area (Å²) in [7, 11) is 0. The summed E-state index contributed by atoms with van der Waals surface area (Å²) < 4.78 is 0. The third-order valence-corrected chi connectivity index (χ3v) is 7.12. The molecule has 1 aromatic heterocycles. The second kappa shape index (κ2) is 6.38. The average Bonchev–Trinajstić information content (AvgIpc) is 2.68. The van der Waals surface area contributed by atoms with E-state index in [9.17, 15) is 4.79 Å². The zero-order chi connectivity index (χ0) is 18.4. The summed E-state index contributed by atoms with van der Waals surface area (Å²) in [6.45, 7) is 2.31. The SMILES string of the molecule is C[C@]12CCC(=O)N[C@@H]1CCc1cc(Sc3cnc4ccccc4c3)ccc12. The molecule has 136 valence electrons. The molecule has 3 nitrogen and oxygen atoms in total. The average molecular weight is 375 g/mol. The third-order valence-electron chi connectivity index (χ3n) is 6.17. The van der Waals surface area contributed by atoms with Gasteiger partial charge in [0.1, 0.15) is 0 Å². The van der Waals surface area contributed by atoms with E-state index in [2.05, 4.69) is 53.6 Å². The Bertz CT molecular complexity index is 1050. The van der Waals surface area contributed by atoms with E-state index in [4.69, 9.17) is 0 Å². The summed E-state index contributed by atoms with van der Waals surface area (Å²) in [6, 6.07) is 17.6. The Kier molecular flexibility index (Phi) is 3.97. The van der Waals surface area contributed by atoms with E-state index in [1.54, 1.807) is 11.8 Å². The first kappa shape index (κ1) is 16.8. The van der Waals surface area contributed by atoms with Crippen molar-refractivity contribution < 1.29 is 4.79 Å². The number of nitrogens with zero attached hydrogens (tertiary/aromatic N) is 1. The van der Waals surface area contributed by atoms with E-state index < -0.39 is 0 Å². The van der Waals surface area contributed by atoms with Crippen molar-refractivity contribution in [3.8, 4) is 0 Å². The fourth-order valence-corrected chi connectivity index (χ4v) is 5.53. The number of nitrogens with one attached hydrogen (secondary N) is 1. The minimum atomic E-state index is 0.0647. The molecule has 1 saturated heterocycles. The highest BCUT2D eigenvalue weighted by atomic mass is 32.2. The van der Waals surface area contributed by atoms with Crippen LogP contribution >= 0.6 is 11.8 Å². The van der Waals surface area contributed by atoms with E-state index >= 15 is 0 Å². The molecule has 0 bridgehead atoms. The lowest BCUT2D eigenvalue weighted by atomic mass is 9.64. The Labute approximate surface area is 163 Å². The van der Waals surface area contributed by atoms with Crippen molar-refractivity contribution in [3.63, 3.8) is 0 Å². The molecule has 2 heterocycles. The summed E-state index contributed by atoms with van der Waals surface area (Å²) in [4.78, 5) is 18.8. The minimum Gasteiger partial charge on any atom is -0.352 e. The summed E-state index contributed by atoms with van der Waals surface area (Å²) in [5, 5.41) is 4.39. The van der Waals surface area contributed by atoms with E-state index in [1.165, 1.54) is 26.3 Å². The van der Waals surface area contributed by atoms with Crippen LogP contribution in [0.3, 0.4) is 0 Å². The van der Waals surface area contributed by atoms with Gasteiger partial charge in [0, 0.05) is 39.3 Å². The fourth-order valence-electron chi connectivity index (χ4n) is 4.63. The zero-order valence-corrected chi connectivity index (χ0v) is 16.2. The monoisotopic (exact) mass is 374 g/mol. The number of benzene rings is 2. The number of hydrogen-bond acceptors (Lipinski definition) is 3. The number of aromatic nitrogens is 1. The maximum absolute atomic E-state index is 11.8. The molecule has 27 heavy (non-hydrogen) atoms. The molecule has 0 saturated carbocycles. The van der Waals surface area contributed by atoms with E-state index in [0.29, 0.717) is 6.42 Å². The first-order chi connectivity index (χ1) is 13.1. The fraction of sp³-hybridized carbons (Fsp3) is 0.304. The molecule has 1 fully saturated rings. The largest absolute Gasteiger partial charge is 0.352 e. The minimum absolute atomic E-state index is 0.0647. The van der Waals surface area contributed by atoms with Crippen LogP contribution in [-0.4, -0.2) is 16.9 Å². The van der Waals surface area contributed by atoms with Crippen LogP contribution in [-0.2, 0) is 16.6 Å². The molecule has 2 aliphatic rings. The molecule has 5 rings (SSSR count). The van der Waals surface area contributed by atoms with Crippen molar-refractivity contribution in [2.45, 2.75) is 53.9 Å². The highest BCUT2D eigenvalue weighted by Crippen LogP contribution is 2.44. The van der Waals surface area contributed by atoms with Crippen molar-refractivity contribution in [2.24, 2.45) is 0 Å². The molecular weight excluding hydrogens is 352 g/mol. The standard InChI is InChI=1S/C23H22N2OS/c1-23-11-10-22(26)25-21(23)9-6-15-12-17(7-8-19(15)23)27-18-13-16-4-2-3-5-20(16)24-14-18/h2-5,7-8,12-14,21H,6,9-11H2,1H3,(H,25,26)/t21-,23-/m1/s1. The molecule has 0 radical (unpaired) electrons. The van der Waals surface area contributed by atoms with Gasteiger partial charge in [-0.05, 0) is 54.7 Å². The number of fused-ring (bicyclic) bond motifs is 4. The maximum atomic E-state index is 11.8. The van der Waals surface area contributed by atoms with E-state index in [1.807, 2.05) is 18.3 Å². The van der Waals surface area contributed by atoms with Crippen LogP contribution in [0.4, 0.5) is 0 Å². The predicted molar refractivity (Wildman–Crippen MR) is 109 cm³/mol. The second-order valence-corrected chi connectivity index (χ2v) is 9.01. The Morgan fingerprint density at radius 1 is 1.11 bits per heavy atom. The summed E-state index contributed by atoms with van der Waals surface area (Å²) in [5.74, 6) is 0.205. The number of para-hydroxylation sites is 1. The lowest BCUT2D eigenvalue weighted by Gasteiger charge is -2.46. The molecule has 1 N–H and O–H groups in total. The van der Waals surface area contributed by atoms with Crippen molar-refractivity contribution in [3.05, 3.63) is 65.9 Å². The molecule has 2 atom stereocenters. The molecule has 1 amide bonds. The molecular formula is C23H22N2OS. The van der Waals surface area contributed by atoms with E-state index in [-0.39, 0.29) is 17.4 Å². The lowest BCUT2D eigenvalue weighted by Crippen LogP contribution is -2.55. The number of piperidine rings is 1. The van der Waals surface area contributed by atoms with Gasteiger partial charge >= 0.3 is 0 Å². The first-order valence-corrected chi connectivity index (χ1v) is 10.4. The highest BCUT2D eigenvalue weighted by Gasteiger charge is 2.43. The quantitative estimate of drug-likeness (QED) is 0.696. The van der Waals surface area contributed by atoms with Crippen molar-refractivity contribution in [1.82, 2.24) is 10.3 Å². The number of rotatable bonds is 2. The highest BCUT2D eigenvalue weighted by molar-refractivity contribution is 7.99. The molecule has 1 aliphatic heterocycles. The normalized spacial score (nSPS) is 24.2. The van der Waals surface area contributed by atoms with E-state index in [0.717, 1.165) is 24.8 Å². The van der Waals surface area contributed by atoms with Crippen molar-refractivity contribution in [2.75, 3.05) is 0 Å². The van der Waals surface area contributed by atoms with Gasteiger partial charge in [-0.25, -0.2) is 0 Å². The topological polar surface area (TPSA) is 42.0 Å². The lowest BCUT2D eigenvalue weighted by molar-refractivity contribution is -0.125. The first-order valence-electron chi connectivity index (χ1n) is 9.57. The molecule has 2 aromatic carbocycles. The van der Waals surface area contributed by atoms with Gasteiger partial charge < -0.3 is 5.32 Å². The van der Waals surface area contributed by atoms with Crippen LogP contribution in [0.25, 0.3) is 10.9 Å². The number of carbonyl (C=O) groups excluding carboxylic acids is 1. The smallest absolute Gasteiger partial charge is 0.220 e. The Morgan fingerprint density at radius 2 is 2.00 bits per heavy atom. The van der Waals surface area contributed by atoms with Crippen molar-refractivity contribution >= 4 is 28.6 Å². The van der Waals surface area contributed by atoms with Crippen LogP contribution in [0.5, 0.6) is 0 Å². The van der Waals surface area contributed by atoms with Gasteiger partial charge in [0.25, 0.3) is 0 Å². The Hall–Kier alpha value is -2.33. The van der Waals surface area contributed by atoms with Gasteiger partial charge in [0.2, 0.25) is 5.91 Å². The summed E-state index contributed by atoms with van der Waals surface area (Å²) in [6.07, 6.45) is 5.59. The molecule has 0 spiro atoms. The van der Waals surface area contributed by atoms with Gasteiger partial charge in [0.05, 0.1) is 5.52 Å². The van der Waals surface area contributed by atoms with Gasteiger partial charge in [-0.3, -0.25) is 9.78 Å². The van der Waals surface area contributed by atoms with Gasteiger partial charge in [0.15, 0.2) is 0 Å². The van der Waals surface area contributed by atoms with Crippen LogP contribution in [0.1, 0.15) is 37.3 Å². The second-order valence-electron chi connectivity index (χ2n) is 7.86. The molecule has 1 aliphatic carbocycles. The summed E-state index contributed by atoms with van der Waals surface area (Å²) >= 11 is 1.77. The number of pyridine rings is 1.